The Morgan fingerprint density at radius 3 is 2.10 bits per heavy atom. The molecule has 6 heteroatoms. The normalized spacial score (nSPS) is 8.80. The molecule has 0 unspecified atom stereocenters. The molecule has 0 bridgehead atoms. The SMILES string of the molecule is FC(F)F.Nc1nccs1. The van der Waals surface area contributed by atoms with Crippen molar-refractivity contribution in [3.63, 3.8) is 0 Å². The van der Waals surface area contributed by atoms with Gasteiger partial charge in [-0.25, -0.2) is 4.98 Å². The van der Waals surface area contributed by atoms with Crippen molar-refractivity contribution in [2.75, 3.05) is 5.73 Å². The molecule has 2 nitrogen and oxygen atoms in total. The van der Waals surface area contributed by atoms with Crippen LogP contribution in [0, 0.1) is 0 Å². The first-order chi connectivity index (χ1) is 4.63. The Morgan fingerprint density at radius 2 is 2.00 bits per heavy atom. The highest BCUT2D eigenvalue weighted by Gasteiger charge is 1.86. The molecule has 0 aromatic carbocycles. The maximum absolute atomic E-state index is 9.67. The van der Waals surface area contributed by atoms with Gasteiger partial charge in [0.25, 0.3) is 0 Å². The summed E-state index contributed by atoms with van der Waals surface area (Å²) in [5.74, 6) is 0. The van der Waals surface area contributed by atoms with Gasteiger partial charge < -0.3 is 5.73 Å². The molecule has 2 N–H and O–H groups in total. The van der Waals surface area contributed by atoms with Crippen molar-refractivity contribution in [2.45, 2.75) is 6.68 Å². The minimum absolute atomic E-state index is 0.634. The van der Waals surface area contributed by atoms with E-state index in [0.29, 0.717) is 5.13 Å². The molecular formula is C4H5F3N2S. The van der Waals surface area contributed by atoms with Gasteiger partial charge in [0.2, 0.25) is 0 Å². The molecule has 0 radical (unpaired) electrons. The van der Waals surface area contributed by atoms with Gasteiger partial charge in [0, 0.05) is 11.6 Å². The number of hydrogen-bond donors (Lipinski definition) is 1. The number of halogens is 3. The van der Waals surface area contributed by atoms with Gasteiger partial charge >= 0.3 is 6.68 Å². The Kier molecular flexibility index (Phi) is 4.65. The van der Waals surface area contributed by atoms with Crippen molar-refractivity contribution in [3.8, 4) is 0 Å². The molecule has 1 heterocycles. The van der Waals surface area contributed by atoms with E-state index in [1.807, 2.05) is 5.38 Å². The summed E-state index contributed by atoms with van der Waals surface area (Å²) in [6, 6.07) is 0. The van der Waals surface area contributed by atoms with Crippen LogP contribution >= 0.6 is 11.3 Å². The van der Waals surface area contributed by atoms with Gasteiger partial charge in [-0.3, -0.25) is 0 Å². The van der Waals surface area contributed by atoms with Crippen LogP contribution in [-0.2, 0) is 0 Å². The Balaban J connectivity index is 0.000000180. The number of nitrogen functional groups attached to an aromatic ring is 1. The number of rotatable bonds is 0. The molecule has 0 aliphatic rings. The van der Waals surface area contributed by atoms with E-state index in [9.17, 15) is 13.2 Å². The zero-order valence-electron chi connectivity index (χ0n) is 4.80. The molecule has 0 fully saturated rings. The average molecular weight is 170 g/mol. The predicted octanol–water partition coefficient (Wildman–Crippen LogP) is 1.90. The lowest BCUT2D eigenvalue weighted by Crippen LogP contribution is -1.77. The van der Waals surface area contributed by atoms with Crippen molar-refractivity contribution in [1.29, 1.82) is 0 Å². The van der Waals surface area contributed by atoms with Crippen LogP contribution in [0.15, 0.2) is 11.6 Å². The van der Waals surface area contributed by atoms with Gasteiger partial charge in [0.15, 0.2) is 5.13 Å². The van der Waals surface area contributed by atoms with Gasteiger partial charge in [-0.05, 0) is 0 Å². The van der Waals surface area contributed by atoms with E-state index >= 15 is 0 Å². The number of anilines is 1. The molecule has 0 aliphatic heterocycles. The van der Waals surface area contributed by atoms with E-state index in [1.165, 1.54) is 11.3 Å². The van der Waals surface area contributed by atoms with Gasteiger partial charge in [-0.1, -0.05) is 0 Å². The van der Waals surface area contributed by atoms with Gasteiger partial charge in [0.1, 0.15) is 0 Å². The Morgan fingerprint density at radius 1 is 1.50 bits per heavy atom. The zero-order valence-corrected chi connectivity index (χ0v) is 5.62. The molecule has 10 heavy (non-hydrogen) atoms. The zero-order chi connectivity index (χ0) is 7.98. The number of thiazole rings is 1. The molecule has 1 rings (SSSR count). The number of nitrogens with zero attached hydrogens (tertiary/aromatic N) is 1. The fourth-order valence-corrected chi connectivity index (χ4v) is 0.617. The van der Waals surface area contributed by atoms with Crippen LogP contribution in [0.5, 0.6) is 0 Å². The third-order valence-corrected chi connectivity index (χ3v) is 1.06. The quantitative estimate of drug-likeness (QED) is 0.645. The summed E-state index contributed by atoms with van der Waals surface area (Å²) in [5, 5.41) is 2.48. The second-order valence-corrected chi connectivity index (χ2v) is 2.04. The summed E-state index contributed by atoms with van der Waals surface area (Å²) < 4.78 is 29.0. The number of hydrogen-bond acceptors (Lipinski definition) is 3. The summed E-state index contributed by atoms with van der Waals surface area (Å²) in [5.41, 5.74) is 5.19. The average Bonchev–Trinajstić information content (AvgIpc) is 2.15. The van der Waals surface area contributed by atoms with Crippen molar-refractivity contribution in [3.05, 3.63) is 11.6 Å². The summed E-state index contributed by atoms with van der Waals surface area (Å²) in [4.78, 5) is 3.71. The first-order valence-electron chi connectivity index (χ1n) is 2.20. The molecule has 0 saturated heterocycles. The molecule has 0 amide bonds. The molecule has 0 atom stereocenters. The van der Waals surface area contributed by atoms with E-state index < -0.39 is 6.68 Å². The third kappa shape index (κ3) is 7.22. The fraction of sp³-hybridized carbons (Fsp3) is 0.250. The van der Waals surface area contributed by atoms with Crippen LogP contribution in [0.2, 0.25) is 0 Å². The van der Waals surface area contributed by atoms with Crippen LogP contribution in [0.1, 0.15) is 0 Å². The molecule has 1 aromatic heterocycles. The molecule has 58 valence electrons. The third-order valence-electron chi connectivity index (χ3n) is 0.451. The van der Waals surface area contributed by atoms with Crippen molar-refractivity contribution in [1.82, 2.24) is 4.98 Å². The largest absolute Gasteiger partial charge is 0.379 e. The Labute approximate surface area is 59.5 Å². The van der Waals surface area contributed by atoms with Gasteiger partial charge in [-0.2, -0.15) is 13.2 Å². The highest BCUT2D eigenvalue weighted by molar-refractivity contribution is 7.13. The molecule has 0 spiro atoms. The topological polar surface area (TPSA) is 38.9 Å². The summed E-state index contributed by atoms with van der Waals surface area (Å²) >= 11 is 1.44. The van der Waals surface area contributed by atoms with E-state index in [1.54, 1.807) is 6.20 Å². The van der Waals surface area contributed by atoms with Crippen molar-refractivity contribution >= 4 is 16.5 Å². The lowest BCUT2D eigenvalue weighted by molar-refractivity contribution is 0.00819. The molecule has 0 saturated carbocycles. The van der Waals surface area contributed by atoms with Crippen LogP contribution < -0.4 is 5.73 Å². The lowest BCUT2D eigenvalue weighted by Gasteiger charge is -1.67. The van der Waals surface area contributed by atoms with Crippen molar-refractivity contribution in [2.24, 2.45) is 0 Å². The minimum atomic E-state index is -3.67. The monoisotopic (exact) mass is 170 g/mol. The number of alkyl halides is 3. The van der Waals surface area contributed by atoms with Crippen LogP contribution in [-0.4, -0.2) is 11.7 Å². The van der Waals surface area contributed by atoms with E-state index in [-0.39, 0.29) is 0 Å². The highest BCUT2D eigenvalue weighted by Crippen LogP contribution is 2.02. The smallest absolute Gasteiger partial charge is 0.375 e. The minimum Gasteiger partial charge on any atom is -0.375 e. The predicted molar refractivity (Wildman–Crippen MR) is 33.6 cm³/mol. The van der Waals surface area contributed by atoms with Gasteiger partial charge in [-0.15, -0.1) is 11.3 Å². The van der Waals surface area contributed by atoms with Crippen LogP contribution in [0.3, 0.4) is 0 Å². The number of nitrogens with two attached hydrogens (primary N) is 1. The number of aromatic nitrogens is 1. The molecule has 0 aliphatic carbocycles. The van der Waals surface area contributed by atoms with Crippen LogP contribution in [0.25, 0.3) is 0 Å². The Hall–Kier alpha value is -0.780. The second-order valence-electron chi connectivity index (χ2n) is 1.12. The first kappa shape index (κ1) is 9.22. The summed E-state index contributed by atoms with van der Waals surface area (Å²) in [6.45, 7) is -3.67. The van der Waals surface area contributed by atoms with E-state index in [0.717, 1.165) is 0 Å². The molecule has 1 aromatic rings. The summed E-state index contributed by atoms with van der Waals surface area (Å²) in [6.07, 6.45) is 1.68. The Bertz CT molecular complexity index is 151. The second kappa shape index (κ2) is 5.04. The summed E-state index contributed by atoms with van der Waals surface area (Å²) in [7, 11) is 0. The van der Waals surface area contributed by atoms with Crippen molar-refractivity contribution < 1.29 is 13.2 Å². The first-order valence-corrected chi connectivity index (χ1v) is 3.08. The maximum atomic E-state index is 9.67. The van der Waals surface area contributed by atoms with E-state index in [2.05, 4.69) is 4.98 Å². The van der Waals surface area contributed by atoms with Gasteiger partial charge in [0.05, 0.1) is 0 Å². The van der Waals surface area contributed by atoms with E-state index in [4.69, 9.17) is 5.73 Å². The maximum Gasteiger partial charge on any atom is 0.379 e. The lowest BCUT2D eigenvalue weighted by atomic mass is 11.0. The molecular weight excluding hydrogens is 165 g/mol. The standard InChI is InChI=1S/C3H4N2S.CHF3/c4-3-5-1-2-6-3;2-1(3)4/h1-2H,(H2,4,5);1H. The highest BCUT2D eigenvalue weighted by atomic mass is 32.1. The fourth-order valence-electron chi connectivity index (χ4n) is 0.234. The van der Waals surface area contributed by atoms with Crippen LogP contribution in [0.4, 0.5) is 18.3 Å².